The van der Waals surface area contributed by atoms with Gasteiger partial charge in [-0.05, 0) is 60.9 Å². The fourth-order valence-electron chi connectivity index (χ4n) is 3.60. The largest absolute Gasteiger partial charge is 0.489 e. The number of amides is 2. The molecule has 1 atom stereocenters. The van der Waals surface area contributed by atoms with Crippen LogP contribution in [0.5, 0.6) is 11.5 Å². The first-order chi connectivity index (χ1) is 17.1. The Morgan fingerprint density at radius 3 is 2.39 bits per heavy atom. The normalized spacial score (nSPS) is 20.1. The molecule has 2 amide bonds. The number of ether oxygens (including phenoxy) is 2. The van der Waals surface area contributed by atoms with Crippen molar-refractivity contribution in [3.05, 3.63) is 70.3 Å². The van der Waals surface area contributed by atoms with E-state index in [0.717, 1.165) is 12.1 Å². The maximum Gasteiger partial charge on any atom is 0.416 e. The first kappa shape index (κ1) is 25.4. The van der Waals surface area contributed by atoms with E-state index < -0.39 is 35.1 Å². The quantitative estimate of drug-likeness (QED) is 0.579. The lowest BCUT2D eigenvalue weighted by atomic mass is 10.0. The van der Waals surface area contributed by atoms with Gasteiger partial charge in [-0.1, -0.05) is 17.7 Å². The number of hydrogen-bond donors (Lipinski definition) is 2. The van der Waals surface area contributed by atoms with Crippen LogP contribution in [0.15, 0.2) is 48.6 Å². The number of alkyl halides is 3. The Morgan fingerprint density at radius 2 is 1.78 bits per heavy atom. The third-order valence-electron chi connectivity index (χ3n) is 5.77. The van der Waals surface area contributed by atoms with Crippen LogP contribution in [0, 0.1) is 11.3 Å². The monoisotopic (exact) mass is 519 g/mol. The summed E-state index contributed by atoms with van der Waals surface area (Å²) in [6, 6.07) is 8.25. The van der Waals surface area contributed by atoms with Crippen LogP contribution in [0.4, 0.5) is 13.2 Å². The Balaban J connectivity index is 1.71. The second kappa shape index (κ2) is 10.1. The van der Waals surface area contributed by atoms with Crippen LogP contribution in [-0.2, 0) is 17.4 Å². The number of nitrogens with zero attached hydrogens (tertiary/aromatic N) is 1. The van der Waals surface area contributed by atoms with E-state index in [1.54, 1.807) is 30.4 Å². The number of fused-ring (bicyclic) bond motifs is 9. The second-order valence-corrected chi connectivity index (χ2v) is 8.89. The van der Waals surface area contributed by atoms with Gasteiger partial charge in [0.05, 0.1) is 22.2 Å². The van der Waals surface area contributed by atoms with Gasteiger partial charge in [0.2, 0.25) is 5.91 Å². The highest BCUT2D eigenvalue weighted by molar-refractivity contribution is 6.32. The molecule has 2 aromatic carbocycles. The molecule has 2 N–H and O–H groups in total. The van der Waals surface area contributed by atoms with Crippen molar-refractivity contribution < 1.29 is 32.2 Å². The number of carbonyl (C=O) groups excluding carboxylic acids is 2. The molecule has 11 heteroatoms. The van der Waals surface area contributed by atoms with E-state index in [0.29, 0.717) is 30.2 Å². The summed E-state index contributed by atoms with van der Waals surface area (Å²) in [4.78, 5) is 26.3. The van der Waals surface area contributed by atoms with Gasteiger partial charge >= 0.3 is 6.18 Å². The number of benzene rings is 2. The Labute approximate surface area is 209 Å². The van der Waals surface area contributed by atoms with Gasteiger partial charge in [0.25, 0.3) is 5.91 Å². The zero-order valence-corrected chi connectivity index (χ0v) is 19.6. The summed E-state index contributed by atoms with van der Waals surface area (Å²) in [7, 11) is 0. The predicted molar refractivity (Wildman–Crippen MR) is 124 cm³/mol. The highest BCUT2D eigenvalue weighted by Gasteiger charge is 2.45. The minimum Gasteiger partial charge on any atom is -0.489 e. The van der Waals surface area contributed by atoms with Crippen LogP contribution in [0.25, 0.3) is 0 Å². The third-order valence-corrected chi connectivity index (χ3v) is 6.07. The summed E-state index contributed by atoms with van der Waals surface area (Å²) in [5.74, 6) is -1.24. The van der Waals surface area contributed by atoms with Crippen LogP contribution < -0.4 is 20.1 Å². The first-order valence-corrected chi connectivity index (χ1v) is 11.4. The Morgan fingerprint density at radius 1 is 1.11 bits per heavy atom. The molecule has 0 unspecified atom stereocenters. The first-order valence-electron chi connectivity index (χ1n) is 11.0. The van der Waals surface area contributed by atoms with E-state index in [9.17, 15) is 28.0 Å². The molecule has 2 heterocycles. The van der Waals surface area contributed by atoms with Crippen molar-refractivity contribution in [2.45, 2.75) is 37.0 Å². The smallest absolute Gasteiger partial charge is 0.416 e. The van der Waals surface area contributed by atoms with Crippen LogP contribution >= 0.6 is 11.6 Å². The minimum atomic E-state index is -4.69. The molecule has 5 rings (SSSR count). The van der Waals surface area contributed by atoms with Crippen molar-refractivity contribution in [1.82, 2.24) is 10.6 Å². The van der Waals surface area contributed by atoms with Gasteiger partial charge in [-0.25, -0.2) is 0 Å². The number of nitrogens with one attached hydrogen (secondary N) is 2. The molecule has 3 aliphatic rings. The Bertz CT molecular complexity index is 1250. The van der Waals surface area contributed by atoms with Gasteiger partial charge in [0.15, 0.2) is 0 Å². The molecule has 36 heavy (non-hydrogen) atoms. The van der Waals surface area contributed by atoms with Crippen LogP contribution in [0.3, 0.4) is 0 Å². The molecule has 2 aromatic rings. The summed E-state index contributed by atoms with van der Waals surface area (Å²) in [5, 5.41) is 14.8. The lowest BCUT2D eigenvalue weighted by molar-refractivity contribution is -0.137. The van der Waals surface area contributed by atoms with Gasteiger partial charge in [0.1, 0.15) is 36.3 Å². The Hall–Kier alpha value is -3.71. The molecule has 2 aliphatic heterocycles. The van der Waals surface area contributed by atoms with E-state index in [1.807, 2.05) is 6.07 Å². The molecule has 0 saturated heterocycles. The molecular formula is C25H21ClF3N3O4. The topological polar surface area (TPSA) is 100 Å². The zero-order chi connectivity index (χ0) is 25.9. The van der Waals surface area contributed by atoms with E-state index in [2.05, 4.69) is 10.6 Å². The highest BCUT2D eigenvalue weighted by Crippen LogP contribution is 2.35. The number of halogens is 4. The maximum atomic E-state index is 13.4. The third kappa shape index (κ3) is 5.91. The lowest BCUT2D eigenvalue weighted by Crippen LogP contribution is -2.51. The van der Waals surface area contributed by atoms with Crippen molar-refractivity contribution >= 4 is 23.4 Å². The fourth-order valence-corrected chi connectivity index (χ4v) is 3.86. The van der Waals surface area contributed by atoms with Gasteiger partial charge < -0.3 is 20.1 Å². The highest BCUT2D eigenvalue weighted by atomic mass is 35.5. The number of carbonyl (C=O) groups is 2. The maximum absolute atomic E-state index is 13.4. The summed E-state index contributed by atoms with van der Waals surface area (Å²) < 4.78 is 51.2. The number of hydrogen-bond acceptors (Lipinski definition) is 5. The average molecular weight is 520 g/mol. The van der Waals surface area contributed by atoms with Gasteiger partial charge in [-0.3, -0.25) is 9.59 Å². The molecule has 0 spiro atoms. The molecule has 1 saturated carbocycles. The van der Waals surface area contributed by atoms with Crippen LogP contribution in [-0.4, -0.2) is 36.6 Å². The van der Waals surface area contributed by atoms with E-state index in [-0.39, 0.29) is 36.0 Å². The average Bonchev–Trinajstić information content (AvgIpc) is 3.60. The standard InChI is InChI=1S/C25H21ClF3N3O4/c26-18-11-15-3-5-21(18)36-10-2-1-9-35-20-6-4-16(25(27,28)29)13-17(20)22(33)31-19(12-15)23(34)32-24(14-30)7-8-24/h1-6,11,13,19H,7-10,12H2,(H,31,33)(H,32,34)/b2-1-/t19-/m0/s1. The number of rotatable bonds is 2. The van der Waals surface area contributed by atoms with E-state index in [1.165, 1.54) is 0 Å². The van der Waals surface area contributed by atoms with Crippen molar-refractivity contribution in [2.24, 2.45) is 0 Å². The zero-order valence-electron chi connectivity index (χ0n) is 18.8. The van der Waals surface area contributed by atoms with Gasteiger partial charge in [-0.2, -0.15) is 18.4 Å². The van der Waals surface area contributed by atoms with Crippen LogP contribution in [0.1, 0.15) is 34.3 Å². The van der Waals surface area contributed by atoms with Crippen molar-refractivity contribution in [1.29, 1.82) is 5.26 Å². The van der Waals surface area contributed by atoms with Crippen molar-refractivity contribution in [2.75, 3.05) is 13.2 Å². The van der Waals surface area contributed by atoms with Crippen molar-refractivity contribution in [3.63, 3.8) is 0 Å². The van der Waals surface area contributed by atoms with Crippen molar-refractivity contribution in [3.8, 4) is 17.6 Å². The molecular weight excluding hydrogens is 499 g/mol. The van der Waals surface area contributed by atoms with Gasteiger partial charge in [-0.15, -0.1) is 0 Å². The molecule has 0 radical (unpaired) electrons. The number of nitriles is 1. The molecule has 7 nitrogen and oxygen atoms in total. The molecule has 188 valence electrons. The SMILES string of the molecule is N#CC1(NC(=O)[C@@H]2Cc3ccc(c(Cl)c3)OC/C=C\COc3ccc(C(F)(F)F)cc3C(=O)N2)CC1. The summed E-state index contributed by atoms with van der Waals surface area (Å²) in [5.41, 5.74) is -1.86. The second-order valence-electron chi connectivity index (χ2n) is 8.48. The van der Waals surface area contributed by atoms with Gasteiger partial charge in [0, 0.05) is 6.42 Å². The predicted octanol–water partition coefficient (Wildman–Crippen LogP) is 4.20. The molecule has 1 aliphatic carbocycles. The van der Waals surface area contributed by atoms with Crippen LogP contribution in [0.2, 0.25) is 5.02 Å². The van der Waals surface area contributed by atoms with E-state index >= 15 is 0 Å². The fraction of sp³-hybridized carbons (Fsp3) is 0.320. The summed E-state index contributed by atoms with van der Waals surface area (Å²) in [6.07, 6.45) is -0.569. The van der Waals surface area contributed by atoms with E-state index in [4.69, 9.17) is 21.1 Å². The lowest BCUT2D eigenvalue weighted by Gasteiger charge is -2.22. The minimum absolute atomic E-state index is 0.0336. The molecule has 0 aromatic heterocycles. The molecule has 2 bridgehead atoms. The molecule has 1 fully saturated rings. The summed E-state index contributed by atoms with van der Waals surface area (Å²) >= 11 is 6.30. The summed E-state index contributed by atoms with van der Waals surface area (Å²) in [6.45, 7) is 0.111. The Kier molecular flexibility index (Phi) is 7.13.